The lowest BCUT2D eigenvalue weighted by Gasteiger charge is -2.29. The number of carboxylic acids is 2. The predicted molar refractivity (Wildman–Crippen MR) is 127 cm³/mol. The molecule has 0 saturated carbocycles. The lowest BCUT2D eigenvalue weighted by Crippen LogP contribution is -2.54. The topological polar surface area (TPSA) is 198 Å². The van der Waals surface area contributed by atoms with Crippen molar-refractivity contribution in [2.24, 2.45) is 0 Å². The fourth-order valence-corrected chi connectivity index (χ4v) is 4.08. The van der Waals surface area contributed by atoms with Crippen LogP contribution in [0.5, 0.6) is 0 Å². The molecule has 1 aliphatic rings. The lowest BCUT2D eigenvalue weighted by molar-refractivity contribution is -0.765. The zero-order valence-electron chi connectivity index (χ0n) is 20.2. The molecular weight excluding hydrogens is 492 g/mol. The van der Waals surface area contributed by atoms with Crippen LogP contribution in [0.1, 0.15) is 44.1 Å². The van der Waals surface area contributed by atoms with E-state index in [1.54, 1.807) is 0 Å². The number of carbonyl (C=O) groups excluding carboxylic acids is 2. The summed E-state index contributed by atoms with van der Waals surface area (Å²) in [5, 5.41) is 33.5. The van der Waals surface area contributed by atoms with Crippen LogP contribution in [0.15, 0.2) is 30.3 Å². The molecule has 1 aliphatic heterocycles. The molecule has 0 aromatic heterocycles. The first-order chi connectivity index (χ1) is 17.7. The summed E-state index contributed by atoms with van der Waals surface area (Å²) in [6.45, 7) is -0.440. The average Bonchev–Trinajstić information content (AvgIpc) is 3.35. The van der Waals surface area contributed by atoms with Gasteiger partial charge in [-0.2, -0.15) is 0 Å². The summed E-state index contributed by atoms with van der Waals surface area (Å²) in [6.07, 6.45) is 1.64. The number of alkyl carbamates (subject to hydrolysis) is 1. The Kier molecular flexibility index (Phi) is 12.1. The van der Waals surface area contributed by atoms with Gasteiger partial charge in [0.2, 0.25) is 12.7 Å². The molecule has 1 heterocycles. The highest BCUT2D eigenvalue weighted by molar-refractivity contribution is 5.88. The molecule has 14 nitrogen and oxygen atoms in total. The number of aryl methyl sites for hydroxylation is 1. The van der Waals surface area contributed by atoms with Crippen LogP contribution in [0, 0.1) is 10.1 Å². The van der Waals surface area contributed by atoms with E-state index in [0.717, 1.165) is 5.56 Å². The summed E-state index contributed by atoms with van der Waals surface area (Å²) in [5.74, 6) is -2.70. The summed E-state index contributed by atoms with van der Waals surface area (Å²) in [7, 11) is 0. The van der Waals surface area contributed by atoms with Crippen LogP contribution >= 0.6 is 0 Å². The second-order valence-electron chi connectivity index (χ2n) is 8.49. The SMILES string of the molecule is O=C(NCCCCC(NC(CCc1ccccc1)C(=O)O)C(=O)N1CCCC1C(=O)O)OCO[N+](=O)[O-]. The van der Waals surface area contributed by atoms with E-state index in [-0.39, 0.29) is 25.9 Å². The minimum atomic E-state index is -1.12. The fourth-order valence-electron chi connectivity index (χ4n) is 4.08. The van der Waals surface area contributed by atoms with E-state index in [1.165, 1.54) is 4.90 Å². The van der Waals surface area contributed by atoms with E-state index >= 15 is 0 Å². The Morgan fingerprint density at radius 1 is 1.11 bits per heavy atom. The lowest BCUT2D eigenvalue weighted by atomic mass is 10.0. The number of benzene rings is 1. The van der Waals surface area contributed by atoms with Gasteiger partial charge in [0.25, 0.3) is 5.09 Å². The predicted octanol–water partition coefficient (Wildman–Crippen LogP) is 1.17. The molecule has 2 amide bonds. The maximum Gasteiger partial charge on any atom is 0.409 e. The second-order valence-corrected chi connectivity index (χ2v) is 8.49. The Balaban J connectivity index is 1.96. The van der Waals surface area contributed by atoms with Crippen molar-refractivity contribution >= 4 is 23.9 Å². The zero-order valence-corrected chi connectivity index (χ0v) is 20.2. The number of unbranched alkanes of at least 4 members (excludes halogenated alkanes) is 1. The third kappa shape index (κ3) is 10.3. The third-order valence-electron chi connectivity index (χ3n) is 5.92. The van der Waals surface area contributed by atoms with Crippen molar-refractivity contribution < 1.29 is 44.1 Å². The molecule has 0 bridgehead atoms. The van der Waals surface area contributed by atoms with E-state index in [1.807, 2.05) is 30.3 Å². The number of amides is 2. The molecule has 3 atom stereocenters. The van der Waals surface area contributed by atoms with Crippen molar-refractivity contribution in [2.45, 2.75) is 63.1 Å². The van der Waals surface area contributed by atoms with E-state index < -0.39 is 53.9 Å². The van der Waals surface area contributed by atoms with Gasteiger partial charge in [0.1, 0.15) is 12.1 Å². The Hall–Kier alpha value is -3.94. The van der Waals surface area contributed by atoms with Crippen LogP contribution in [0.2, 0.25) is 0 Å². The molecule has 1 saturated heterocycles. The summed E-state index contributed by atoms with van der Waals surface area (Å²) in [4.78, 5) is 63.5. The van der Waals surface area contributed by atoms with Gasteiger partial charge in [0.05, 0.1) is 6.04 Å². The first kappa shape index (κ1) is 29.3. The second kappa shape index (κ2) is 15.2. The Bertz CT molecular complexity index is 929. The van der Waals surface area contributed by atoms with Crippen LogP contribution < -0.4 is 10.6 Å². The first-order valence-electron chi connectivity index (χ1n) is 11.9. The molecule has 3 unspecified atom stereocenters. The number of ether oxygens (including phenoxy) is 1. The molecule has 1 aromatic carbocycles. The highest BCUT2D eigenvalue weighted by Crippen LogP contribution is 2.20. The Morgan fingerprint density at radius 2 is 1.84 bits per heavy atom. The van der Waals surface area contributed by atoms with Gasteiger partial charge in [-0.1, -0.05) is 30.3 Å². The minimum Gasteiger partial charge on any atom is -0.480 e. The molecule has 1 aromatic rings. The Morgan fingerprint density at radius 3 is 2.49 bits per heavy atom. The molecule has 0 aliphatic carbocycles. The molecule has 2 rings (SSSR count). The van der Waals surface area contributed by atoms with E-state index in [4.69, 9.17) is 0 Å². The monoisotopic (exact) mass is 524 g/mol. The van der Waals surface area contributed by atoms with Crippen molar-refractivity contribution in [1.82, 2.24) is 15.5 Å². The highest BCUT2D eigenvalue weighted by Gasteiger charge is 2.38. The van der Waals surface area contributed by atoms with Crippen molar-refractivity contribution in [1.29, 1.82) is 0 Å². The van der Waals surface area contributed by atoms with Crippen LogP contribution in [-0.2, 0) is 30.4 Å². The number of nitrogens with one attached hydrogen (secondary N) is 2. The molecule has 0 spiro atoms. The largest absolute Gasteiger partial charge is 0.480 e. The fraction of sp³-hybridized carbons (Fsp3) is 0.565. The molecule has 14 heteroatoms. The van der Waals surface area contributed by atoms with Crippen LogP contribution in [0.25, 0.3) is 0 Å². The van der Waals surface area contributed by atoms with Crippen LogP contribution in [-0.4, -0.2) is 82.1 Å². The summed E-state index contributed by atoms with van der Waals surface area (Å²) < 4.78 is 4.45. The van der Waals surface area contributed by atoms with E-state index in [9.17, 15) is 39.5 Å². The van der Waals surface area contributed by atoms with Crippen LogP contribution in [0.3, 0.4) is 0 Å². The van der Waals surface area contributed by atoms with Gasteiger partial charge in [-0.25, -0.2) is 9.59 Å². The summed E-state index contributed by atoms with van der Waals surface area (Å²) in [6, 6.07) is 6.39. The summed E-state index contributed by atoms with van der Waals surface area (Å²) >= 11 is 0. The first-order valence-corrected chi connectivity index (χ1v) is 11.9. The number of hydrogen-bond acceptors (Lipinski definition) is 9. The highest BCUT2D eigenvalue weighted by atomic mass is 17.0. The molecular formula is C23H32N4O10. The van der Waals surface area contributed by atoms with Crippen molar-refractivity contribution in [3.63, 3.8) is 0 Å². The van der Waals surface area contributed by atoms with Gasteiger partial charge in [-0.05, 0) is 50.5 Å². The number of aliphatic carboxylic acids is 2. The number of nitrogens with zero attached hydrogens (tertiary/aromatic N) is 2. The van der Waals surface area contributed by atoms with Gasteiger partial charge in [0, 0.05) is 13.1 Å². The van der Waals surface area contributed by atoms with Crippen molar-refractivity contribution in [3.8, 4) is 0 Å². The molecule has 4 N–H and O–H groups in total. The number of carbonyl (C=O) groups is 4. The van der Waals surface area contributed by atoms with E-state index in [2.05, 4.69) is 20.2 Å². The maximum absolute atomic E-state index is 13.3. The minimum absolute atomic E-state index is 0.135. The maximum atomic E-state index is 13.3. The molecule has 204 valence electrons. The molecule has 37 heavy (non-hydrogen) atoms. The molecule has 0 radical (unpaired) electrons. The van der Waals surface area contributed by atoms with Gasteiger partial charge in [-0.15, -0.1) is 10.1 Å². The third-order valence-corrected chi connectivity index (χ3v) is 5.92. The molecule has 1 fully saturated rings. The zero-order chi connectivity index (χ0) is 27.2. The van der Waals surface area contributed by atoms with Gasteiger partial charge in [0.15, 0.2) is 0 Å². The van der Waals surface area contributed by atoms with Crippen LogP contribution in [0.4, 0.5) is 4.79 Å². The normalized spacial score (nSPS) is 16.4. The summed E-state index contributed by atoms with van der Waals surface area (Å²) in [5.41, 5.74) is 0.950. The smallest absolute Gasteiger partial charge is 0.409 e. The number of likely N-dealkylation sites (tertiary alicyclic amines) is 1. The number of rotatable bonds is 16. The average molecular weight is 525 g/mol. The van der Waals surface area contributed by atoms with Crippen molar-refractivity contribution in [3.05, 3.63) is 46.0 Å². The van der Waals surface area contributed by atoms with Crippen molar-refractivity contribution in [2.75, 3.05) is 19.9 Å². The van der Waals surface area contributed by atoms with E-state index in [0.29, 0.717) is 32.1 Å². The number of hydrogen-bond donors (Lipinski definition) is 4. The van der Waals surface area contributed by atoms with Gasteiger partial charge >= 0.3 is 18.0 Å². The number of carboxylic acid groups (broad SMARTS) is 2. The van der Waals surface area contributed by atoms with Gasteiger partial charge in [-0.3, -0.25) is 19.7 Å². The standard InChI is InChI=1S/C23H32N4O10/c28-20(26-14-6-10-19(26)22(31)32)17(9-4-5-13-24-23(33)36-15-37-27(34)35)25-18(21(29)30)12-11-16-7-2-1-3-8-16/h1-3,7-8,17-19,25H,4-6,9-15H2,(H,24,33)(H,29,30)(H,31,32). The Labute approximate surface area is 213 Å². The van der Waals surface area contributed by atoms with Gasteiger partial charge < -0.3 is 25.2 Å². The quantitative estimate of drug-likeness (QED) is 0.105.